The van der Waals surface area contributed by atoms with Crippen molar-refractivity contribution in [2.75, 3.05) is 13.2 Å². The molecular formula is C12H22N2O4. The molecule has 0 aromatic heterocycles. The fraction of sp³-hybridized carbons (Fsp3) is 0.833. The molecule has 1 atom stereocenters. The third-order valence-electron chi connectivity index (χ3n) is 3.33. The molecule has 4 N–H and O–H groups in total. The largest absolute Gasteiger partial charge is 0.480 e. The van der Waals surface area contributed by atoms with Crippen molar-refractivity contribution in [2.24, 2.45) is 11.1 Å². The van der Waals surface area contributed by atoms with E-state index in [0.29, 0.717) is 13.2 Å². The van der Waals surface area contributed by atoms with Gasteiger partial charge in [-0.15, -0.1) is 0 Å². The monoisotopic (exact) mass is 258 g/mol. The van der Waals surface area contributed by atoms with Gasteiger partial charge < -0.3 is 20.9 Å². The number of ether oxygens (including phenoxy) is 1. The van der Waals surface area contributed by atoms with Crippen molar-refractivity contribution in [1.82, 2.24) is 5.32 Å². The Bertz CT molecular complexity index is 329. The van der Waals surface area contributed by atoms with E-state index in [1.54, 1.807) is 0 Å². The van der Waals surface area contributed by atoms with Crippen LogP contribution in [0.25, 0.3) is 0 Å². The molecule has 0 bridgehead atoms. The number of hydrogen-bond acceptors (Lipinski definition) is 4. The van der Waals surface area contributed by atoms with Gasteiger partial charge in [-0.05, 0) is 5.41 Å². The van der Waals surface area contributed by atoms with Crippen LogP contribution in [-0.2, 0) is 14.3 Å². The van der Waals surface area contributed by atoms with Gasteiger partial charge in [0.1, 0.15) is 5.54 Å². The highest BCUT2D eigenvalue weighted by atomic mass is 16.5. The molecule has 6 heteroatoms. The number of carboxylic acid groups (broad SMARTS) is 1. The van der Waals surface area contributed by atoms with Crippen LogP contribution in [-0.4, -0.2) is 41.8 Å². The number of carboxylic acids is 1. The number of carbonyl (C=O) groups excluding carboxylic acids is 1. The summed E-state index contributed by atoms with van der Waals surface area (Å²) in [4.78, 5) is 23.4. The number of nitrogens with one attached hydrogen (secondary N) is 1. The molecule has 0 unspecified atom stereocenters. The molecule has 0 radical (unpaired) electrons. The van der Waals surface area contributed by atoms with E-state index < -0.39 is 28.9 Å². The highest BCUT2D eigenvalue weighted by molar-refractivity contribution is 5.90. The molecule has 1 rings (SSSR count). The Balaban J connectivity index is 2.79. The molecule has 104 valence electrons. The SMILES string of the molecule is CC(C)(C)[C@H](N)C(=O)NC1(C(=O)O)CCOCC1. The fourth-order valence-electron chi connectivity index (χ4n) is 1.82. The molecule has 0 aromatic rings. The molecule has 1 amide bonds. The van der Waals surface area contributed by atoms with Crippen LogP contribution in [0.4, 0.5) is 0 Å². The van der Waals surface area contributed by atoms with Gasteiger partial charge in [-0.2, -0.15) is 0 Å². The number of amides is 1. The quantitative estimate of drug-likeness (QED) is 0.667. The molecule has 1 aliphatic rings. The second-order valence-electron chi connectivity index (χ2n) is 5.83. The lowest BCUT2D eigenvalue weighted by Crippen LogP contribution is -2.62. The molecular weight excluding hydrogens is 236 g/mol. The molecule has 0 spiro atoms. The summed E-state index contributed by atoms with van der Waals surface area (Å²) in [6.45, 7) is 6.19. The zero-order valence-corrected chi connectivity index (χ0v) is 11.2. The Kier molecular flexibility index (Phi) is 4.34. The molecule has 18 heavy (non-hydrogen) atoms. The van der Waals surface area contributed by atoms with Gasteiger partial charge in [0.2, 0.25) is 5.91 Å². The maximum atomic E-state index is 12.0. The average Bonchev–Trinajstić information content (AvgIpc) is 2.27. The normalized spacial score (nSPS) is 21.1. The van der Waals surface area contributed by atoms with Crippen molar-refractivity contribution in [2.45, 2.75) is 45.2 Å². The Morgan fingerprint density at radius 2 is 1.83 bits per heavy atom. The van der Waals surface area contributed by atoms with E-state index in [4.69, 9.17) is 10.5 Å². The Labute approximate surface area is 107 Å². The molecule has 1 saturated heterocycles. The number of aliphatic carboxylic acids is 1. The third kappa shape index (κ3) is 3.20. The van der Waals surface area contributed by atoms with E-state index in [-0.39, 0.29) is 12.8 Å². The lowest BCUT2D eigenvalue weighted by Gasteiger charge is -2.36. The van der Waals surface area contributed by atoms with Gasteiger partial charge in [-0.1, -0.05) is 20.8 Å². The van der Waals surface area contributed by atoms with Gasteiger partial charge in [0.25, 0.3) is 0 Å². The standard InChI is InChI=1S/C12H22N2O4/c1-11(2,3)8(13)9(15)14-12(10(16)17)4-6-18-7-5-12/h8H,4-7,13H2,1-3H3,(H,14,15)(H,16,17)/t8-/m1/s1. The summed E-state index contributed by atoms with van der Waals surface area (Å²) in [5.74, 6) is -1.45. The second-order valence-corrected chi connectivity index (χ2v) is 5.83. The summed E-state index contributed by atoms with van der Waals surface area (Å²) in [5, 5.41) is 11.9. The average molecular weight is 258 g/mol. The number of rotatable bonds is 3. The van der Waals surface area contributed by atoms with Crippen LogP contribution >= 0.6 is 0 Å². The second kappa shape index (κ2) is 5.24. The van der Waals surface area contributed by atoms with E-state index in [1.165, 1.54) is 0 Å². The van der Waals surface area contributed by atoms with E-state index in [9.17, 15) is 14.7 Å². The topological polar surface area (TPSA) is 102 Å². The van der Waals surface area contributed by atoms with Gasteiger partial charge in [-0.3, -0.25) is 4.79 Å². The summed E-state index contributed by atoms with van der Waals surface area (Å²) in [5.41, 5.74) is 4.19. The van der Waals surface area contributed by atoms with Gasteiger partial charge in [-0.25, -0.2) is 4.79 Å². The smallest absolute Gasteiger partial charge is 0.329 e. The highest BCUT2D eigenvalue weighted by Crippen LogP contribution is 2.23. The molecule has 1 aliphatic heterocycles. The third-order valence-corrected chi connectivity index (χ3v) is 3.33. The van der Waals surface area contributed by atoms with E-state index in [1.807, 2.05) is 20.8 Å². The summed E-state index contributed by atoms with van der Waals surface area (Å²) >= 11 is 0. The first kappa shape index (κ1) is 14.9. The first-order valence-electron chi connectivity index (χ1n) is 6.08. The molecule has 0 aliphatic carbocycles. The predicted molar refractivity (Wildman–Crippen MR) is 66.0 cm³/mol. The zero-order chi connectivity index (χ0) is 14.0. The van der Waals surface area contributed by atoms with Crippen LogP contribution in [0.3, 0.4) is 0 Å². The maximum absolute atomic E-state index is 12.0. The lowest BCUT2D eigenvalue weighted by atomic mass is 9.84. The van der Waals surface area contributed by atoms with Gasteiger partial charge in [0, 0.05) is 26.1 Å². The van der Waals surface area contributed by atoms with Crippen molar-refractivity contribution in [3.8, 4) is 0 Å². The summed E-state index contributed by atoms with van der Waals surface area (Å²) in [6.07, 6.45) is 0.538. The minimum Gasteiger partial charge on any atom is -0.480 e. The van der Waals surface area contributed by atoms with Crippen molar-refractivity contribution < 1.29 is 19.4 Å². The number of hydrogen-bond donors (Lipinski definition) is 3. The van der Waals surface area contributed by atoms with Gasteiger partial charge in [0.05, 0.1) is 6.04 Å². The van der Waals surface area contributed by atoms with Crippen molar-refractivity contribution >= 4 is 11.9 Å². The number of carbonyl (C=O) groups is 2. The minimum atomic E-state index is -1.24. The minimum absolute atomic E-state index is 0.269. The first-order valence-corrected chi connectivity index (χ1v) is 6.08. The predicted octanol–water partition coefficient (Wildman–Crippen LogP) is 0.110. The van der Waals surface area contributed by atoms with Crippen LogP contribution in [0, 0.1) is 5.41 Å². The molecule has 1 heterocycles. The summed E-state index contributed by atoms with van der Waals surface area (Å²) in [7, 11) is 0. The fourth-order valence-corrected chi connectivity index (χ4v) is 1.82. The molecule has 6 nitrogen and oxygen atoms in total. The van der Waals surface area contributed by atoms with Crippen molar-refractivity contribution in [1.29, 1.82) is 0 Å². The Hall–Kier alpha value is -1.14. The molecule has 0 aromatic carbocycles. The van der Waals surface area contributed by atoms with Gasteiger partial charge >= 0.3 is 5.97 Å². The van der Waals surface area contributed by atoms with Crippen LogP contribution < -0.4 is 11.1 Å². The molecule has 1 fully saturated rings. The van der Waals surface area contributed by atoms with E-state index >= 15 is 0 Å². The number of nitrogens with two attached hydrogens (primary N) is 1. The van der Waals surface area contributed by atoms with Crippen molar-refractivity contribution in [3.63, 3.8) is 0 Å². The van der Waals surface area contributed by atoms with E-state index in [2.05, 4.69) is 5.32 Å². The molecule has 0 saturated carbocycles. The summed E-state index contributed by atoms with van der Waals surface area (Å²) in [6, 6.07) is -0.739. The van der Waals surface area contributed by atoms with Crippen LogP contribution in [0.2, 0.25) is 0 Å². The van der Waals surface area contributed by atoms with E-state index in [0.717, 1.165) is 0 Å². The van der Waals surface area contributed by atoms with Crippen LogP contribution in [0.5, 0.6) is 0 Å². The first-order chi connectivity index (χ1) is 8.19. The van der Waals surface area contributed by atoms with Crippen molar-refractivity contribution in [3.05, 3.63) is 0 Å². The highest BCUT2D eigenvalue weighted by Gasteiger charge is 2.43. The van der Waals surface area contributed by atoms with Crippen LogP contribution in [0.15, 0.2) is 0 Å². The maximum Gasteiger partial charge on any atom is 0.329 e. The van der Waals surface area contributed by atoms with Crippen LogP contribution in [0.1, 0.15) is 33.6 Å². The van der Waals surface area contributed by atoms with Gasteiger partial charge in [0.15, 0.2) is 0 Å². The zero-order valence-electron chi connectivity index (χ0n) is 11.2. The summed E-state index contributed by atoms with van der Waals surface area (Å²) < 4.78 is 5.14. The Morgan fingerprint density at radius 1 is 1.33 bits per heavy atom. The Morgan fingerprint density at radius 3 is 2.22 bits per heavy atom. The lowest BCUT2D eigenvalue weighted by molar-refractivity contribution is -0.152.